The number of halogens is 1. The number of nitrogens with one attached hydrogen (secondary N) is 2. The Hall–Kier alpha value is -2.72. The van der Waals surface area contributed by atoms with Gasteiger partial charge in [0, 0.05) is 37.2 Å². The molecule has 0 bridgehead atoms. The molecule has 3 amide bonds. The molecule has 8 nitrogen and oxygen atoms in total. The molecular formula is C18H20FN5O3S. The van der Waals surface area contributed by atoms with Crippen LogP contribution in [0.15, 0.2) is 23.6 Å². The van der Waals surface area contributed by atoms with Crippen LogP contribution in [0.25, 0.3) is 0 Å². The third-order valence-corrected chi connectivity index (χ3v) is 5.46. The van der Waals surface area contributed by atoms with Gasteiger partial charge in [0.15, 0.2) is 5.13 Å². The number of aromatic nitrogens is 1. The number of amides is 3. The van der Waals surface area contributed by atoms with Crippen molar-refractivity contribution in [1.29, 1.82) is 0 Å². The van der Waals surface area contributed by atoms with Gasteiger partial charge in [0.2, 0.25) is 5.91 Å². The standard InChI is InChI=1S/C18H20FN5O3S/c19-14-9-12(1-2-15(14)23-5-7-27-8-6-23)21-16(25)10-13-11-28-18(22-13)24-4-3-20-17(24)26/h1-2,9,11H,3-8,10H2,(H,20,26)(H,21,25). The zero-order chi connectivity index (χ0) is 19.5. The number of ether oxygens (including phenoxy) is 1. The number of anilines is 3. The summed E-state index contributed by atoms with van der Waals surface area (Å²) in [6.07, 6.45) is 0.0544. The van der Waals surface area contributed by atoms with Gasteiger partial charge >= 0.3 is 6.03 Å². The molecule has 4 rings (SSSR count). The normalized spacial score (nSPS) is 17.0. The minimum Gasteiger partial charge on any atom is -0.378 e. The molecule has 2 aromatic rings. The third kappa shape index (κ3) is 4.07. The largest absolute Gasteiger partial charge is 0.378 e. The Morgan fingerprint density at radius 3 is 2.86 bits per heavy atom. The first-order valence-corrected chi connectivity index (χ1v) is 9.90. The summed E-state index contributed by atoms with van der Waals surface area (Å²) in [6.45, 7) is 3.58. The minimum atomic E-state index is -0.379. The van der Waals surface area contributed by atoms with Gasteiger partial charge in [0.1, 0.15) is 5.82 Å². The van der Waals surface area contributed by atoms with Gasteiger partial charge in [-0.3, -0.25) is 9.69 Å². The Kier molecular flexibility index (Phi) is 5.40. The number of morpholine rings is 1. The third-order valence-electron chi connectivity index (χ3n) is 4.55. The summed E-state index contributed by atoms with van der Waals surface area (Å²) >= 11 is 1.32. The van der Waals surface area contributed by atoms with Crippen molar-refractivity contribution in [2.75, 3.05) is 54.5 Å². The first-order chi connectivity index (χ1) is 13.6. The molecule has 10 heteroatoms. The lowest BCUT2D eigenvalue weighted by Crippen LogP contribution is -2.36. The second kappa shape index (κ2) is 8.11. The molecule has 3 heterocycles. The smallest absolute Gasteiger partial charge is 0.323 e. The number of hydrogen-bond acceptors (Lipinski definition) is 6. The molecule has 0 atom stereocenters. The second-order valence-corrected chi connectivity index (χ2v) is 7.33. The molecule has 0 radical (unpaired) electrons. The van der Waals surface area contributed by atoms with Crippen LogP contribution in [0.1, 0.15) is 5.69 Å². The van der Waals surface area contributed by atoms with Gasteiger partial charge in [0.05, 0.1) is 31.0 Å². The molecule has 0 unspecified atom stereocenters. The molecule has 148 valence electrons. The van der Waals surface area contributed by atoms with E-state index in [1.54, 1.807) is 22.4 Å². The van der Waals surface area contributed by atoms with Crippen molar-refractivity contribution in [3.05, 3.63) is 35.1 Å². The summed E-state index contributed by atoms with van der Waals surface area (Å²) in [4.78, 5) is 31.8. The maximum atomic E-state index is 14.4. The summed E-state index contributed by atoms with van der Waals surface area (Å²) in [7, 11) is 0. The van der Waals surface area contributed by atoms with Crippen molar-refractivity contribution in [1.82, 2.24) is 10.3 Å². The lowest BCUT2D eigenvalue weighted by atomic mass is 10.2. The molecule has 0 spiro atoms. The van der Waals surface area contributed by atoms with Crippen LogP contribution in [0.2, 0.25) is 0 Å². The van der Waals surface area contributed by atoms with Gasteiger partial charge in [-0.25, -0.2) is 14.2 Å². The zero-order valence-corrected chi connectivity index (χ0v) is 15.9. The highest BCUT2D eigenvalue weighted by Crippen LogP contribution is 2.25. The second-order valence-electron chi connectivity index (χ2n) is 6.50. The average Bonchev–Trinajstić information content (AvgIpc) is 3.31. The number of thiazole rings is 1. The van der Waals surface area contributed by atoms with Crippen molar-refractivity contribution in [3.63, 3.8) is 0 Å². The van der Waals surface area contributed by atoms with Gasteiger partial charge in [-0.1, -0.05) is 0 Å². The predicted molar refractivity (Wildman–Crippen MR) is 105 cm³/mol. The van der Waals surface area contributed by atoms with Crippen molar-refractivity contribution in [3.8, 4) is 0 Å². The first-order valence-electron chi connectivity index (χ1n) is 9.02. The number of carbonyl (C=O) groups is 2. The molecule has 2 aliphatic heterocycles. The van der Waals surface area contributed by atoms with E-state index in [2.05, 4.69) is 15.6 Å². The van der Waals surface area contributed by atoms with E-state index < -0.39 is 0 Å². The molecule has 2 N–H and O–H groups in total. The molecular weight excluding hydrogens is 385 g/mol. The maximum absolute atomic E-state index is 14.4. The van der Waals surface area contributed by atoms with Crippen molar-refractivity contribution < 1.29 is 18.7 Å². The van der Waals surface area contributed by atoms with Crippen molar-refractivity contribution in [2.45, 2.75) is 6.42 Å². The van der Waals surface area contributed by atoms with E-state index in [1.807, 2.05) is 4.90 Å². The molecule has 1 aromatic heterocycles. The number of nitrogens with zero attached hydrogens (tertiary/aromatic N) is 3. The van der Waals surface area contributed by atoms with Crippen LogP contribution in [0.4, 0.5) is 25.7 Å². The molecule has 2 fully saturated rings. The van der Waals surface area contributed by atoms with Crippen LogP contribution >= 0.6 is 11.3 Å². The van der Waals surface area contributed by atoms with E-state index in [9.17, 15) is 14.0 Å². The first kappa shape index (κ1) is 18.6. The summed E-state index contributed by atoms with van der Waals surface area (Å²) < 4.78 is 19.7. The maximum Gasteiger partial charge on any atom is 0.323 e. The van der Waals surface area contributed by atoms with Crippen molar-refractivity contribution in [2.24, 2.45) is 0 Å². The highest BCUT2D eigenvalue weighted by Gasteiger charge is 2.24. The van der Waals surface area contributed by atoms with Gasteiger partial charge in [-0.05, 0) is 18.2 Å². The Balaban J connectivity index is 1.36. The van der Waals surface area contributed by atoms with Crippen LogP contribution in [-0.2, 0) is 16.0 Å². The van der Waals surface area contributed by atoms with Gasteiger partial charge in [0.25, 0.3) is 0 Å². The van der Waals surface area contributed by atoms with Crippen LogP contribution in [0.3, 0.4) is 0 Å². The highest BCUT2D eigenvalue weighted by atomic mass is 32.1. The monoisotopic (exact) mass is 405 g/mol. The van der Waals surface area contributed by atoms with E-state index in [0.717, 1.165) is 0 Å². The van der Waals surface area contributed by atoms with E-state index in [0.29, 0.717) is 61.6 Å². The topological polar surface area (TPSA) is 86.8 Å². The number of benzene rings is 1. The zero-order valence-electron chi connectivity index (χ0n) is 15.1. The molecule has 0 aliphatic carbocycles. The summed E-state index contributed by atoms with van der Waals surface area (Å²) in [5, 5.41) is 7.73. The van der Waals surface area contributed by atoms with Crippen LogP contribution < -0.4 is 20.4 Å². The van der Waals surface area contributed by atoms with Crippen LogP contribution in [-0.4, -0.2) is 56.3 Å². The van der Waals surface area contributed by atoms with E-state index in [4.69, 9.17) is 4.74 Å². The summed E-state index contributed by atoms with van der Waals surface area (Å²) in [5.41, 5.74) is 1.48. The highest BCUT2D eigenvalue weighted by molar-refractivity contribution is 7.14. The molecule has 1 aromatic carbocycles. The predicted octanol–water partition coefficient (Wildman–Crippen LogP) is 1.83. The number of carbonyl (C=O) groups excluding carboxylic acids is 2. The fraction of sp³-hybridized carbons (Fsp3) is 0.389. The Morgan fingerprint density at radius 2 is 2.14 bits per heavy atom. The van der Waals surface area contributed by atoms with Crippen LogP contribution in [0, 0.1) is 5.82 Å². The van der Waals surface area contributed by atoms with E-state index >= 15 is 0 Å². The van der Waals surface area contributed by atoms with E-state index in [1.165, 1.54) is 17.4 Å². The van der Waals surface area contributed by atoms with E-state index in [-0.39, 0.29) is 24.2 Å². The molecule has 0 saturated carbocycles. The Bertz CT molecular complexity index is 884. The SMILES string of the molecule is O=C(Cc1csc(N2CCNC2=O)n1)Nc1ccc(N2CCOCC2)c(F)c1. The molecule has 2 saturated heterocycles. The molecule has 28 heavy (non-hydrogen) atoms. The number of rotatable bonds is 5. The molecule has 2 aliphatic rings. The number of urea groups is 1. The van der Waals surface area contributed by atoms with Gasteiger partial charge in [-0.15, -0.1) is 11.3 Å². The number of hydrogen-bond donors (Lipinski definition) is 2. The van der Waals surface area contributed by atoms with Crippen LogP contribution in [0.5, 0.6) is 0 Å². The summed E-state index contributed by atoms with van der Waals surface area (Å²) in [6, 6.07) is 4.50. The quantitative estimate of drug-likeness (QED) is 0.793. The minimum absolute atomic E-state index is 0.0544. The van der Waals surface area contributed by atoms with Crippen molar-refractivity contribution >= 4 is 39.8 Å². The lowest BCUT2D eigenvalue weighted by molar-refractivity contribution is -0.115. The fourth-order valence-electron chi connectivity index (χ4n) is 3.17. The van der Waals surface area contributed by atoms with Gasteiger partial charge in [-0.2, -0.15) is 0 Å². The summed E-state index contributed by atoms with van der Waals surface area (Å²) in [5.74, 6) is -0.670. The van der Waals surface area contributed by atoms with Gasteiger partial charge < -0.3 is 20.3 Å². The Labute approximate surface area is 165 Å². The lowest BCUT2D eigenvalue weighted by Gasteiger charge is -2.29. The average molecular weight is 405 g/mol. The Morgan fingerprint density at radius 1 is 1.32 bits per heavy atom. The fourth-order valence-corrected chi connectivity index (χ4v) is 4.02.